The summed E-state index contributed by atoms with van der Waals surface area (Å²) in [6.07, 6.45) is 2.30. The Morgan fingerprint density at radius 3 is 3.09 bits per heavy atom. The average Bonchev–Trinajstić information content (AvgIpc) is 3.02. The molecule has 0 aliphatic carbocycles. The fourth-order valence-electron chi connectivity index (χ4n) is 2.28. The van der Waals surface area contributed by atoms with Gasteiger partial charge in [-0.05, 0) is 24.6 Å². The highest BCUT2D eigenvalue weighted by molar-refractivity contribution is 5.99. The SMILES string of the molecule is N#Cc1cccc(OCc2cn(C3CCC(=O)NC3=O)nn2)c1. The van der Waals surface area contributed by atoms with Gasteiger partial charge in [0.05, 0.1) is 17.8 Å². The maximum Gasteiger partial charge on any atom is 0.251 e. The van der Waals surface area contributed by atoms with Gasteiger partial charge in [0.15, 0.2) is 0 Å². The fourth-order valence-corrected chi connectivity index (χ4v) is 2.28. The number of amides is 2. The summed E-state index contributed by atoms with van der Waals surface area (Å²) < 4.78 is 6.99. The van der Waals surface area contributed by atoms with Crippen molar-refractivity contribution < 1.29 is 14.3 Å². The average molecular weight is 311 g/mol. The summed E-state index contributed by atoms with van der Waals surface area (Å²) in [6, 6.07) is 8.29. The zero-order valence-electron chi connectivity index (χ0n) is 12.1. The Bertz CT molecular complexity index is 792. The first-order valence-electron chi connectivity index (χ1n) is 7.03. The van der Waals surface area contributed by atoms with E-state index in [1.54, 1.807) is 30.5 Å². The first kappa shape index (κ1) is 14.7. The molecule has 1 atom stereocenters. The van der Waals surface area contributed by atoms with Crippen LogP contribution in [0.25, 0.3) is 0 Å². The van der Waals surface area contributed by atoms with Gasteiger partial charge in [-0.15, -0.1) is 5.10 Å². The van der Waals surface area contributed by atoms with Crippen LogP contribution >= 0.6 is 0 Å². The van der Waals surface area contributed by atoms with E-state index in [-0.39, 0.29) is 24.8 Å². The third-order valence-electron chi connectivity index (χ3n) is 3.44. The lowest BCUT2D eigenvalue weighted by Crippen LogP contribution is -2.41. The highest BCUT2D eigenvalue weighted by atomic mass is 16.5. The van der Waals surface area contributed by atoms with Crippen LogP contribution in [0.15, 0.2) is 30.5 Å². The second-order valence-electron chi connectivity index (χ2n) is 5.09. The number of carbonyl (C=O) groups is 2. The number of nitrogens with zero attached hydrogens (tertiary/aromatic N) is 4. The van der Waals surface area contributed by atoms with Crippen LogP contribution in [0.3, 0.4) is 0 Å². The van der Waals surface area contributed by atoms with Crippen molar-refractivity contribution in [2.24, 2.45) is 0 Å². The van der Waals surface area contributed by atoms with Gasteiger partial charge >= 0.3 is 0 Å². The molecule has 1 fully saturated rings. The molecule has 1 aromatic carbocycles. The number of nitriles is 1. The van der Waals surface area contributed by atoms with Gasteiger partial charge in [-0.25, -0.2) is 4.68 Å². The molecule has 8 nitrogen and oxygen atoms in total. The third kappa shape index (κ3) is 3.35. The Morgan fingerprint density at radius 1 is 1.43 bits per heavy atom. The molecule has 1 aliphatic rings. The molecular formula is C15H13N5O3. The molecule has 0 saturated carbocycles. The Kier molecular flexibility index (Phi) is 4.01. The summed E-state index contributed by atoms with van der Waals surface area (Å²) in [5.74, 6) is -0.0905. The van der Waals surface area contributed by atoms with E-state index in [0.717, 1.165) is 0 Å². The summed E-state index contributed by atoms with van der Waals surface area (Å²) in [5, 5.41) is 19.0. The van der Waals surface area contributed by atoms with Crippen LogP contribution < -0.4 is 10.1 Å². The lowest BCUT2D eigenvalue weighted by molar-refractivity contribution is -0.136. The molecule has 8 heteroatoms. The molecule has 2 amide bonds. The van der Waals surface area contributed by atoms with Crippen molar-refractivity contribution >= 4 is 11.8 Å². The van der Waals surface area contributed by atoms with Gasteiger partial charge in [-0.1, -0.05) is 11.3 Å². The molecule has 1 N–H and O–H groups in total. The minimum Gasteiger partial charge on any atom is -0.487 e. The molecule has 1 aliphatic heterocycles. The number of aromatic nitrogens is 3. The molecule has 2 aromatic rings. The van der Waals surface area contributed by atoms with Crippen molar-refractivity contribution in [3.63, 3.8) is 0 Å². The first-order chi connectivity index (χ1) is 11.2. The van der Waals surface area contributed by atoms with Crippen LogP contribution in [-0.2, 0) is 16.2 Å². The number of hydrogen-bond acceptors (Lipinski definition) is 6. The highest BCUT2D eigenvalue weighted by Gasteiger charge is 2.28. The molecule has 23 heavy (non-hydrogen) atoms. The Morgan fingerprint density at radius 2 is 2.30 bits per heavy atom. The lowest BCUT2D eigenvalue weighted by atomic mass is 10.1. The number of carbonyl (C=O) groups excluding carboxylic acids is 2. The number of ether oxygens (including phenoxy) is 1. The van der Waals surface area contributed by atoms with Gasteiger partial charge in [-0.2, -0.15) is 5.26 Å². The van der Waals surface area contributed by atoms with Gasteiger partial charge in [0.2, 0.25) is 5.91 Å². The van der Waals surface area contributed by atoms with Crippen LogP contribution in [0, 0.1) is 11.3 Å². The molecule has 0 bridgehead atoms. The van der Waals surface area contributed by atoms with Gasteiger partial charge in [0.25, 0.3) is 5.91 Å². The zero-order valence-corrected chi connectivity index (χ0v) is 12.1. The van der Waals surface area contributed by atoms with Crippen LogP contribution in [0.1, 0.15) is 30.1 Å². The maximum absolute atomic E-state index is 11.8. The largest absolute Gasteiger partial charge is 0.487 e. The van der Waals surface area contributed by atoms with Crippen LogP contribution in [0.5, 0.6) is 5.75 Å². The number of piperidine rings is 1. The summed E-state index contributed by atoms with van der Waals surface area (Å²) >= 11 is 0. The standard InChI is InChI=1S/C15H13N5O3/c16-7-10-2-1-3-12(6-10)23-9-11-8-20(19-18-11)13-4-5-14(21)17-15(13)22/h1-3,6,8,13H,4-5,9H2,(H,17,21,22). The van der Waals surface area contributed by atoms with Crippen molar-refractivity contribution in [3.8, 4) is 11.8 Å². The minimum absolute atomic E-state index is 0.169. The number of hydrogen-bond donors (Lipinski definition) is 1. The second kappa shape index (κ2) is 6.27. The number of rotatable bonds is 4. The Labute approximate surface area is 131 Å². The quantitative estimate of drug-likeness (QED) is 0.833. The molecule has 1 saturated heterocycles. The van der Waals surface area contributed by atoms with Gasteiger partial charge in [-0.3, -0.25) is 14.9 Å². The summed E-state index contributed by atoms with van der Waals surface area (Å²) in [6.45, 7) is 0.169. The number of nitrogens with one attached hydrogen (secondary N) is 1. The van der Waals surface area contributed by atoms with E-state index < -0.39 is 6.04 Å². The maximum atomic E-state index is 11.8. The highest BCUT2D eigenvalue weighted by Crippen LogP contribution is 2.18. The minimum atomic E-state index is -0.532. The Hall–Kier alpha value is -3.21. The van der Waals surface area contributed by atoms with E-state index in [0.29, 0.717) is 23.4 Å². The van der Waals surface area contributed by atoms with E-state index in [9.17, 15) is 9.59 Å². The molecule has 3 rings (SSSR count). The van der Waals surface area contributed by atoms with Crippen molar-refractivity contribution in [1.29, 1.82) is 5.26 Å². The molecule has 1 aromatic heterocycles. The molecular weight excluding hydrogens is 298 g/mol. The van der Waals surface area contributed by atoms with E-state index >= 15 is 0 Å². The molecule has 116 valence electrons. The number of benzene rings is 1. The summed E-state index contributed by atoms with van der Waals surface area (Å²) in [5.41, 5.74) is 1.06. The second-order valence-corrected chi connectivity index (χ2v) is 5.09. The molecule has 2 heterocycles. The van der Waals surface area contributed by atoms with Crippen molar-refractivity contribution in [2.75, 3.05) is 0 Å². The molecule has 0 spiro atoms. The normalized spacial score (nSPS) is 17.4. The van der Waals surface area contributed by atoms with E-state index in [1.165, 1.54) is 4.68 Å². The zero-order chi connectivity index (χ0) is 16.2. The fraction of sp³-hybridized carbons (Fsp3) is 0.267. The molecule has 1 unspecified atom stereocenters. The van der Waals surface area contributed by atoms with E-state index in [4.69, 9.17) is 10.00 Å². The molecule has 0 radical (unpaired) electrons. The topological polar surface area (TPSA) is 110 Å². The van der Waals surface area contributed by atoms with E-state index in [1.807, 2.05) is 6.07 Å². The monoisotopic (exact) mass is 311 g/mol. The number of imide groups is 1. The van der Waals surface area contributed by atoms with Gasteiger partial charge in [0.1, 0.15) is 24.1 Å². The van der Waals surface area contributed by atoms with E-state index in [2.05, 4.69) is 15.6 Å². The lowest BCUT2D eigenvalue weighted by Gasteiger charge is -2.20. The van der Waals surface area contributed by atoms with Crippen molar-refractivity contribution in [2.45, 2.75) is 25.5 Å². The van der Waals surface area contributed by atoms with Gasteiger partial charge in [0, 0.05) is 6.42 Å². The smallest absolute Gasteiger partial charge is 0.251 e. The van der Waals surface area contributed by atoms with Crippen LogP contribution in [0.2, 0.25) is 0 Å². The predicted octanol–water partition coefficient (Wildman–Crippen LogP) is 0.706. The summed E-state index contributed by atoms with van der Waals surface area (Å²) in [4.78, 5) is 22.9. The Balaban J connectivity index is 1.64. The third-order valence-corrected chi connectivity index (χ3v) is 3.44. The van der Waals surface area contributed by atoms with Crippen LogP contribution in [-0.4, -0.2) is 26.8 Å². The van der Waals surface area contributed by atoms with Gasteiger partial charge < -0.3 is 4.74 Å². The predicted molar refractivity (Wildman–Crippen MR) is 76.9 cm³/mol. The summed E-state index contributed by atoms with van der Waals surface area (Å²) in [7, 11) is 0. The van der Waals surface area contributed by atoms with Crippen molar-refractivity contribution in [3.05, 3.63) is 41.7 Å². The first-order valence-corrected chi connectivity index (χ1v) is 7.03. The van der Waals surface area contributed by atoms with Crippen LogP contribution in [0.4, 0.5) is 0 Å². The van der Waals surface area contributed by atoms with Crippen molar-refractivity contribution in [1.82, 2.24) is 20.3 Å².